The smallest absolute Gasteiger partial charge is 0.161 e. The van der Waals surface area contributed by atoms with Gasteiger partial charge in [-0.2, -0.15) is 0 Å². The summed E-state index contributed by atoms with van der Waals surface area (Å²) in [5.41, 5.74) is 1.07. The Morgan fingerprint density at radius 1 is 1.24 bits per heavy atom. The molecule has 114 valence electrons. The van der Waals surface area contributed by atoms with Gasteiger partial charge in [-0.1, -0.05) is 12.1 Å². The minimum Gasteiger partial charge on any atom is -0.490 e. The van der Waals surface area contributed by atoms with Crippen molar-refractivity contribution in [2.24, 2.45) is 0 Å². The van der Waals surface area contributed by atoms with Gasteiger partial charge in [-0.15, -0.1) is 11.3 Å². The van der Waals surface area contributed by atoms with Gasteiger partial charge in [0.25, 0.3) is 0 Å². The van der Waals surface area contributed by atoms with Gasteiger partial charge in [0.05, 0.1) is 12.6 Å². The molecule has 1 heterocycles. The molecule has 1 aromatic carbocycles. The first-order valence-corrected chi connectivity index (χ1v) is 8.08. The molecule has 1 atom stereocenters. The molecule has 0 spiro atoms. The number of benzene rings is 1. The third-order valence-corrected chi connectivity index (χ3v) is 4.11. The van der Waals surface area contributed by atoms with E-state index in [9.17, 15) is 0 Å². The van der Waals surface area contributed by atoms with Gasteiger partial charge in [-0.05, 0) is 32.9 Å². The minimum atomic E-state index is 0.245. The van der Waals surface area contributed by atoms with Crippen molar-refractivity contribution in [3.05, 3.63) is 40.3 Å². The number of nitrogens with one attached hydrogen (secondary N) is 1. The number of aromatic nitrogens is 1. The average Bonchev–Trinajstić information content (AvgIpc) is 2.92. The summed E-state index contributed by atoms with van der Waals surface area (Å²) >= 11 is 1.69. The number of para-hydroxylation sites is 2. The zero-order valence-corrected chi connectivity index (χ0v) is 13.6. The molecule has 1 aromatic heterocycles. The van der Waals surface area contributed by atoms with Crippen molar-refractivity contribution in [3.63, 3.8) is 0 Å². The molecule has 1 unspecified atom stereocenters. The third-order valence-electron chi connectivity index (χ3n) is 2.97. The monoisotopic (exact) mass is 306 g/mol. The highest BCUT2D eigenvalue weighted by molar-refractivity contribution is 7.09. The van der Waals surface area contributed by atoms with Crippen LogP contribution in [-0.4, -0.2) is 24.7 Å². The van der Waals surface area contributed by atoms with Crippen LogP contribution in [0.3, 0.4) is 0 Å². The fraction of sp³-hybridized carbons (Fsp3) is 0.438. The van der Waals surface area contributed by atoms with Crippen LogP contribution in [0.5, 0.6) is 11.5 Å². The van der Waals surface area contributed by atoms with E-state index in [4.69, 9.17) is 9.47 Å². The molecule has 21 heavy (non-hydrogen) atoms. The number of rotatable bonds is 8. The highest BCUT2D eigenvalue weighted by atomic mass is 32.1. The van der Waals surface area contributed by atoms with Crippen LogP contribution in [0, 0.1) is 6.92 Å². The van der Waals surface area contributed by atoms with E-state index in [0.717, 1.165) is 28.7 Å². The molecule has 2 aromatic rings. The summed E-state index contributed by atoms with van der Waals surface area (Å²) in [6.07, 6.45) is 0. The molecule has 1 N–H and O–H groups in total. The van der Waals surface area contributed by atoms with Crippen LogP contribution < -0.4 is 14.8 Å². The van der Waals surface area contributed by atoms with E-state index in [1.54, 1.807) is 11.3 Å². The number of hydrogen-bond acceptors (Lipinski definition) is 5. The first kappa shape index (κ1) is 15.8. The van der Waals surface area contributed by atoms with E-state index in [1.807, 2.05) is 38.1 Å². The van der Waals surface area contributed by atoms with E-state index in [1.165, 1.54) is 0 Å². The van der Waals surface area contributed by atoms with Crippen LogP contribution in [0.15, 0.2) is 29.6 Å². The highest BCUT2D eigenvalue weighted by Gasteiger charge is 2.08. The summed E-state index contributed by atoms with van der Waals surface area (Å²) in [5, 5.41) is 6.60. The Kier molecular flexibility index (Phi) is 6.02. The Labute approximate surface area is 130 Å². The number of thiazole rings is 1. The molecule has 0 saturated carbocycles. The van der Waals surface area contributed by atoms with Gasteiger partial charge >= 0.3 is 0 Å². The first-order valence-electron chi connectivity index (χ1n) is 7.20. The summed E-state index contributed by atoms with van der Waals surface area (Å²) in [5.74, 6) is 1.59. The molecule has 4 nitrogen and oxygen atoms in total. The van der Waals surface area contributed by atoms with Crippen LogP contribution in [0.2, 0.25) is 0 Å². The second kappa shape index (κ2) is 8.00. The lowest BCUT2D eigenvalue weighted by Gasteiger charge is -2.14. The molecule has 5 heteroatoms. The summed E-state index contributed by atoms with van der Waals surface area (Å²) in [6.45, 7) is 8.10. The Hall–Kier alpha value is -1.59. The summed E-state index contributed by atoms with van der Waals surface area (Å²) in [7, 11) is 0. The molecule has 0 aliphatic carbocycles. The SMILES string of the molecule is CCOc1ccccc1OCCNC(C)c1nc(C)cs1. The molecular formula is C16H22N2O2S. The zero-order chi connectivity index (χ0) is 15.1. The van der Waals surface area contributed by atoms with E-state index >= 15 is 0 Å². The van der Waals surface area contributed by atoms with Gasteiger partial charge in [0.15, 0.2) is 11.5 Å². The highest BCUT2D eigenvalue weighted by Crippen LogP contribution is 2.26. The Bertz CT molecular complexity index is 557. The number of nitrogens with zero attached hydrogens (tertiary/aromatic N) is 1. The standard InChI is InChI=1S/C16H22N2O2S/c1-4-19-14-7-5-6-8-15(14)20-10-9-17-13(3)16-18-12(2)11-21-16/h5-8,11,13,17H,4,9-10H2,1-3H3. The topological polar surface area (TPSA) is 43.4 Å². The van der Waals surface area contributed by atoms with Crippen molar-refractivity contribution in [1.82, 2.24) is 10.3 Å². The fourth-order valence-electron chi connectivity index (χ4n) is 1.94. The van der Waals surface area contributed by atoms with Gasteiger partial charge in [-0.3, -0.25) is 0 Å². The van der Waals surface area contributed by atoms with Crippen molar-refractivity contribution in [3.8, 4) is 11.5 Å². The van der Waals surface area contributed by atoms with Crippen LogP contribution in [0.1, 0.15) is 30.6 Å². The molecule has 2 rings (SSSR count). The van der Waals surface area contributed by atoms with Gasteiger partial charge in [0, 0.05) is 17.6 Å². The number of ether oxygens (including phenoxy) is 2. The Balaban J connectivity index is 1.77. The zero-order valence-electron chi connectivity index (χ0n) is 12.8. The Morgan fingerprint density at radius 3 is 2.57 bits per heavy atom. The van der Waals surface area contributed by atoms with Gasteiger partial charge in [-0.25, -0.2) is 4.98 Å². The minimum absolute atomic E-state index is 0.245. The largest absolute Gasteiger partial charge is 0.490 e. The quantitative estimate of drug-likeness (QED) is 0.757. The molecular weight excluding hydrogens is 284 g/mol. The third kappa shape index (κ3) is 4.72. The van der Waals surface area contributed by atoms with Crippen LogP contribution in [-0.2, 0) is 0 Å². The fourth-order valence-corrected chi connectivity index (χ4v) is 2.77. The molecule has 0 aliphatic rings. The molecule has 0 radical (unpaired) electrons. The van der Waals surface area contributed by atoms with Crippen molar-refractivity contribution in [1.29, 1.82) is 0 Å². The van der Waals surface area contributed by atoms with Crippen LogP contribution >= 0.6 is 11.3 Å². The molecule has 0 aliphatic heterocycles. The van der Waals surface area contributed by atoms with Crippen molar-refractivity contribution in [2.75, 3.05) is 19.8 Å². The molecule has 0 fully saturated rings. The van der Waals surface area contributed by atoms with Gasteiger partial charge in [0.1, 0.15) is 11.6 Å². The first-order chi connectivity index (χ1) is 10.2. The average molecular weight is 306 g/mol. The van der Waals surface area contributed by atoms with Gasteiger partial charge < -0.3 is 14.8 Å². The second-order valence-corrected chi connectivity index (χ2v) is 5.62. The van der Waals surface area contributed by atoms with E-state index in [-0.39, 0.29) is 6.04 Å². The van der Waals surface area contributed by atoms with E-state index in [0.29, 0.717) is 13.2 Å². The van der Waals surface area contributed by atoms with Crippen molar-refractivity contribution < 1.29 is 9.47 Å². The van der Waals surface area contributed by atoms with Crippen LogP contribution in [0.25, 0.3) is 0 Å². The predicted molar refractivity (Wildman–Crippen MR) is 86.4 cm³/mol. The lowest BCUT2D eigenvalue weighted by molar-refractivity contribution is 0.273. The van der Waals surface area contributed by atoms with Gasteiger partial charge in [0.2, 0.25) is 0 Å². The van der Waals surface area contributed by atoms with E-state index in [2.05, 4.69) is 22.6 Å². The molecule has 0 amide bonds. The molecule has 0 saturated heterocycles. The summed E-state index contributed by atoms with van der Waals surface area (Å²) < 4.78 is 11.3. The predicted octanol–water partition coefficient (Wildman–Crippen LogP) is 3.58. The van der Waals surface area contributed by atoms with Crippen molar-refractivity contribution in [2.45, 2.75) is 26.8 Å². The van der Waals surface area contributed by atoms with Crippen molar-refractivity contribution >= 4 is 11.3 Å². The number of aryl methyl sites for hydroxylation is 1. The maximum atomic E-state index is 5.78. The van der Waals surface area contributed by atoms with Crippen LogP contribution in [0.4, 0.5) is 0 Å². The summed E-state index contributed by atoms with van der Waals surface area (Å²) in [4.78, 5) is 4.48. The maximum absolute atomic E-state index is 5.78. The summed E-state index contributed by atoms with van der Waals surface area (Å²) in [6, 6.07) is 8.00. The van der Waals surface area contributed by atoms with E-state index < -0.39 is 0 Å². The lowest BCUT2D eigenvalue weighted by atomic mass is 10.3. The molecule has 0 bridgehead atoms. The maximum Gasteiger partial charge on any atom is 0.161 e. The lowest BCUT2D eigenvalue weighted by Crippen LogP contribution is -2.24. The normalized spacial score (nSPS) is 12.1. The second-order valence-electron chi connectivity index (χ2n) is 4.73. The Morgan fingerprint density at radius 2 is 1.95 bits per heavy atom. The number of hydrogen-bond donors (Lipinski definition) is 1.